The molecule has 0 aliphatic carbocycles. The molecule has 6 nitrogen and oxygen atoms in total. The number of rotatable bonds is 69. The molecule has 79 heavy (non-hydrogen) atoms. The summed E-state index contributed by atoms with van der Waals surface area (Å²) in [5.74, 6) is -0.0191. The predicted octanol–water partition coefficient (Wildman–Crippen LogP) is 23.5. The third-order valence-electron chi connectivity index (χ3n) is 17.3. The molecular formula is C73H143NO5. The number of carbonyl (C=O) groups excluding carboxylic acids is 2. The molecule has 0 fully saturated rings. The Kier molecular flexibility index (Phi) is 67.9. The van der Waals surface area contributed by atoms with Crippen molar-refractivity contribution in [3.8, 4) is 0 Å². The molecule has 2 unspecified atom stereocenters. The van der Waals surface area contributed by atoms with Gasteiger partial charge in [0.05, 0.1) is 25.4 Å². The predicted molar refractivity (Wildman–Crippen MR) is 347 cm³/mol. The molecule has 0 aromatic carbocycles. The van der Waals surface area contributed by atoms with Crippen LogP contribution in [0.5, 0.6) is 0 Å². The lowest BCUT2D eigenvalue weighted by atomic mass is 10.0. The fourth-order valence-electron chi connectivity index (χ4n) is 11.8. The highest BCUT2D eigenvalue weighted by atomic mass is 16.5. The normalized spacial score (nSPS) is 12.5. The lowest BCUT2D eigenvalue weighted by Gasteiger charge is -2.22. The van der Waals surface area contributed by atoms with Gasteiger partial charge in [0.25, 0.3) is 0 Å². The van der Waals surface area contributed by atoms with Crippen molar-refractivity contribution < 1.29 is 24.5 Å². The number of amides is 1. The van der Waals surface area contributed by atoms with Crippen LogP contribution in [0, 0.1) is 0 Å². The van der Waals surface area contributed by atoms with Gasteiger partial charge in [0.15, 0.2) is 0 Å². The maximum Gasteiger partial charge on any atom is 0.305 e. The summed E-state index contributed by atoms with van der Waals surface area (Å²) in [6.07, 6.45) is 85.5. The van der Waals surface area contributed by atoms with Crippen LogP contribution in [-0.2, 0) is 14.3 Å². The highest BCUT2D eigenvalue weighted by molar-refractivity contribution is 5.76. The number of ether oxygens (including phenoxy) is 1. The SMILES string of the molecule is CCCCCCCCCCCCCCCCCCCCCCCC(O)C(CO)NC(=O)CCCCCCCCC/C=C\CCCCCCCCCCCCCCOC(=O)CCCCCCCCCCCCCCCCCCCC. The molecule has 0 radical (unpaired) electrons. The smallest absolute Gasteiger partial charge is 0.305 e. The Hall–Kier alpha value is -1.40. The Morgan fingerprint density at radius 1 is 0.342 bits per heavy atom. The molecule has 0 aromatic rings. The minimum Gasteiger partial charge on any atom is -0.466 e. The molecule has 0 saturated carbocycles. The van der Waals surface area contributed by atoms with E-state index < -0.39 is 12.1 Å². The largest absolute Gasteiger partial charge is 0.466 e. The van der Waals surface area contributed by atoms with Crippen LogP contribution in [-0.4, -0.2) is 47.4 Å². The molecule has 0 spiro atoms. The molecule has 3 N–H and O–H groups in total. The number of carbonyl (C=O) groups is 2. The van der Waals surface area contributed by atoms with Crippen molar-refractivity contribution in [1.82, 2.24) is 5.32 Å². The van der Waals surface area contributed by atoms with E-state index in [-0.39, 0.29) is 18.5 Å². The van der Waals surface area contributed by atoms with Gasteiger partial charge in [-0.25, -0.2) is 0 Å². The van der Waals surface area contributed by atoms with Crippen LogP contribution < -0.4 is 5.32 Å². The topological polar surface area (TPSA) is 95.9 Å². The first-order valence-electron chi connectivity index (χ1n) is 36.4. The van der Waals surface area contributed by atoms with Gasteiger partial charge >= 0.3 is 5.97 Å². The van der Waals surface area contributed by atoms with E-state index in [1.807, 2.05) is 0 Å². The molecule has 0 aliphatic heterocycles. The van der Waals surface area contributed by atoms with Gasteiger partial charge < -0.3 is 20.3 Å². The number of unbranched alkanes of at least 4 members (excludes halogenated alkanes) is 56. The van der Waals surface area contributed by atoms with Crippen molar-refractivity contribution in [2.45, 2.75) is 431 Å². The molecule has 0 aromatic heterocycles. The summed E-state index contributed by atoms with van der Waals surface area (Å²) in [5, 5.41) is 23.4. The van der Waals surface area contributed by atoms with Gasteiger partial charge in [-0.1, -0.05) is 366 Å². The lowest BCUT2D eigenvalue weighted by molar-refractivity contribution is -0.143. The molecule has 0 heterocycles. The fourth-order valence-corrected chi connectivity index (χ4v) is 11.8. The molecule has 0 saturated heterocycles. The molecular weight excluding hydrogens is 971 g/mol. The summed E-state index contributed by atoms with van der Waals surface area (Å²) in [6, 6.07) is -0.547. The Morgan fingerprint density at radius 2 is 0.595 bits per heavy atom. The third kappa shape index (κ3) is 65.6. The zero-order chi connectivity index (χ0) is 57.1. The zero-order valence-corrected chi connectivity index (χ0v) is 53.9. The van der Waals surface area contributed by atoms with Gasteiger partial charge in [-0.3, -0.25) is 9.59 Å². The second-order valence-electron chi connectivity index (χ2n) is 25.3. The molecule has 470 valence electrons. The van der Waals surface area contributed by atoms with Gasteiger partial charge in [0, 0.05) is 12.8 Å². The van der Waals surface area contributed by atoms with Gasteiger partial charge in [-0.15, -0.1) is 0 Å². The van der Waals surface area contributed by atoms with E-state index in [4.69, 9.17) is 4.74 Å². The zero-order valence-electron chi connectivity index (χ0n) is 53.9. The maximum absolute atomic E-state index is 12.5. The fraction of sp³-hybridized carbons (Fsp3) is 0.945. The van der Waals surface area contributed by atoms with Crippen LogP contribution in [0.2, 0.25) is 0 Å². The third-order valence-corrected chi connectivity index (χ3v) is 17.3. The number of hydrogen-bond donors (Lipinski definition) is 3. The van der Waals surface area contributed by atoms with Crippen molar-refractivity contribution in [2.24, 2.45) is 0 Å². The van der Waals surface area contributed by atoms with Gasteiger partial charge in [-0.05, 0) is 51.4 Å². The van der Waals surface area contributed by atoms with Gasteiger partial charge in [0.2, 0.25) is 5.91 Å². The second-order valence-corrected chi connectivity index (χ2v) is 25.3. The first kappa shape index (κ1) is 77.6. The summed E-state index contributed by atoms with van der Waals surface area (Å²) >= 11 is 0. The van der Waals surface area contributed by atoms with Crippen molar-refractivity contribution in [3.63, 3.8) is 0 Å². The van der Waals surface area contributed by atoms with Crippen LogP contribution in [0.25, 0.3) is 0 Å². The van der Waals surface area contributed by atoms with E-state index in [0.717, 1.165) is 38.5 Å². The van der Waals surface area contributed by atoms with Crippen LogP contribution in [0.3, 0.4) is 0 Å². The number of nitrogens with one attached hydrogen (secondary N) is 1. The Morgan fingerprint density at radius 3 is 0.899 bits per heavy atom. The summed E-state index contributed by atoms with van der Waals surface area (Å²) in [4.78, 5) is 24.7. The number of aliphatic hydroxyl groups is 2. The molecule has 0 bridgehead atoms. The van der Waals surface area contributed by atoms with E-state index in [9.17, 15) is 19.8 Å². The average Bonchev–Trinajstić information content (AvgIpc) is 3.45. The average molecular weight is 1110 g/mol. The van der Waals surface area contributed by atoms with E-state index >= 15 is 0 Å². The van der Waals surface area contributed by atoms with Gasteiger partial charge in [0.1, 0.15) is 0 Å². The summed E-state index contributed by atoms with van der Waals surface area (Å²) in [6.45, 7) is 5.00. The Balaban J connectivity index is 3.38. The maximum atomic E-state index is 12.5. The van der Waals surface area contributed by atoms with Crippen LogP contribution in [0.15, 0.2) is 12.2 Å². The molecule has 0 aliphatic rings. The highest BCUT2D eigenvalue weighted by Crippen LogP contribution is 2.19. The number of esters is 1. The van der Waals surface area contributed by atoms with E-state index in [1.165, 1.54) is 347 Å². The molecule has 2 atom stereocenters. The molecule has 1 amide bonds. The Bertz CT molecular complexity index is 1190. The number of allylic oxidation sites excluding steroid dienone is 2. The van der Waals surface area contributed by atoms with E-state index in [1.54, 1.807) is 0 Å². The lowest BCUT2D eigenvalue weighted by Crippen LogP contribution is -2.45. The van der Waals surface area contributed by atoms with Crippen molar-refractivity contribution in [2.75, 3.05) is 13.2 Å². The summed E-state index contributed by atoms with van der Waals surface area (Å²) in [7, 11) is 0. The minimum absolute atomic E-state index is 0.0172. The van der Waals surface area contributed by atoms with Crippen LogP contribution in [0.1, 0.15) is 418 Å². The van der Waals surface area contributed by atoms with Crippen molar-refractivity contribution >= 4 is 11.9 Å². The van der Waals surface area contributed by atoms with Crippen LogP contribution >= 0.6 is 0 Å². The van der Waals surface area contributed by atoms with E-state index in [2.05, 4.69) is 31.3 Å². The summed E-state index contributed by atoms with van der Waals surface area (Å²) in [5.41, 5.74) is 0. The standard InChI is InChI=1S/C73H143NO5/c1-3-5-7-9-11-13-15-17-19-21-23-27-30-33-37-41-45-49-53-57-61-65-71(76)70(69-75)74-72(77)66-62-58-54-50-46-42-38-34-31-28-25-24-26-29-32-36-40-44-48-52-56-60-64-68-79-73(78)67-63-59-55-51-47-43-39-35-22-20-18-16-14-12-10-8-6-4-2/h28,31,70-71,75-76H,3-27,29-30,32-69H2,1-2H3,(H,74,77)/b31-28-. The molecule has 0 rings (SSSR count). The van der Waals surface area contributed by atoms with Crippen LogP contribution in [0.4, 0.5) is 0 Å². The number of hydrogen-bond acceptors (Lipinski definition) is 5. The monoisotopic (exact) mass is 1110 g/mol. The second kappa shape index (κ2) is 69.1. The van der Waals surface area contributed by atoms with Crippen molar-refractivity contribution in [3.05, 3.63) is 12.2 Å². The summed E-state index contributed by atoms with van der Waals surface area (Å²) < 4.78 is 5.51. The highest BCUT2D eigenvalue weighted by Gasteiger charge is 2.20. The Labute approximate surface area is 495 Å². The first-order chi connectivity index (χ1) is 39.0. The van der Waals surface area contributed by atoms with E-state index in [0.29, 0.717) is 25.9 Å². The van der Waals surface area contributed by atoms with Gasteiger partial charge in [-0.2, -0.15) is 0 Å². The minimum atomic E-state index is -0.669. The van der Waals surface area contributed by atoms with Crippen molar-refractivity contribution in [1.29, 1.82) is 0 Å². The quantitative estimate of drug-likeness (QED) is 0.0320. The first-order valence-corrected chi connectivity index (χ1v) is 36.4. The molecule has 6 heteroatoms. The number of aliphatic hydroxyl groups excluding tert-OH is 2.